The fraction of sp³-hybridized carbons (Fsp3) is 0.0455. The van der Waals surface area contributed by atoms with Gasteiger partial charge in [-0.1, -0.05) is 115 Å². The molecule has 0 aliphatic heterocycles. The van der Waals surface area contributed by atoms with Crippen molar-refractivity contribution in [1.29, 1.82) is 0 Å². The zero-order valence-corrected chi connectivity index (χ0v) is 25.9. The van der Waals surface area contributed by atoms with Crippen LogP contribution in [0.15, 0.2) is 158 Å². The van der Waals surface area contributed by atoms with E-state index in [1.807, 2.05) is 25.5 Å². The minimum Gasteiger partial charge on any atom is -0.264 e. The van der Waals surface area contributed by atoms with Crippen LogP contribution in [0, 0.1) is 13.8 Å². The Morgan fingerprint density at radius 2 is 0.913 bits per heavy atom. The van der Waals surface area contributed by atoms with Crippen molar-refractivity contribution in [1.82, 2.24) is 9.97 Å². The Morgan fingerprint density at radius 1 is 0.370 bits per heavy atom. The van der Waals surface area contributed by atoms with E-state index in [-0.39, 0.29) is 0 Å². The molecule has 218 valence electrons. The fourth-order valence-corrected chi connectivity index (χ4v) is 6.72. The summed E-state index contributed by atoms with van der Waals surface area (Å²) < 4.78 is 0. The Morgan fingerprint density at radius 3 is 1.54 bits per heavy atom. The predicted octanol–water partition coefficient (Wildman–Crippen LogP) is 11.7. The lowest BCUT2D eigenvalue weighted by molar-refractivity contribution is 1.20. The molecule has 2 heterocycles. The van der Waals surface area contributed by atoms with Crippen molar-refractivity contribution in [3.05, 3.63) is 169 Å². The zero-order valence-electron chi connectivity index (χ0n) is 25.9. The topological polar surface area (TPSA) is 25.8 Å². The van der Waals surface area contributed by atoms with Gasteiger partial charge in [-0.3, -0.25) is 9.97 Å². The molecule has 46 heavy (non-hydrogen) atoms. The molecule has 8 aromatic rings. The summed E-state index contributed by atoms with van der Waals surface area (Å²) in [5.74, 6) is 0. The molecule has 6 aromatic carbocycles. The molecule has 0 aliphatic rings. The molecule has 0 N–H and O–H groups in total. The van der Waals surface area contributed by atoms with E-state index in [1.165, 1.54) is 71.6 Å². The Labute approximate surface area is 269 Å². The average molecular weight is 589 g/mol. The van der Waals surface area contributed by atoms with Gasteiger partial charge in [0.05, 0.1) is 0 Å². The van der Waals surface area contributed by atoms with Crippen LogP contribution in [0.5, 0.6) is 0 Å². The molecule has 2 heteroatoms. The monoisotopic (exact) mass is 588 g/mol. The molecule has 0 radical (unpaired) electrons. The van der Waals surface area contributed by atoms with Gasteiger partial charge in [-0.15, -0.1) is 0 Å². The average Bonchev–Trinajstić information content (AvgIpc) is 3.11. The summed E-state index contributed by atoms with van der Waals surface area (Å²) in [4.78, 5) is 8.77. The summed E-state index contributed by atoms with van der Waals surface area (Å²) >= 11 is 0. The maximum atomic E-state index is 4.38. The number of aryl methyl sites for hydroxylation is 2. The second kappa shape index (κ2) is 11.6. The Bertz CT molecular complexity index is 2380. The van der Waals surface area contributed by atoms with Gasteiger partial charge >= 0.3 is 0 Å². The number of benzene rings is 6. The lowest BCUT2D eigenvalue weighted by atomic mass is 9.87. The van der Waals surface area contributed by atoms with Gasteiger partial charge in [0, 0.05) is 29.8 Å². The van der Waals surface area contributed by atoms with E-state index in [0.717, 1.165) is 16.8 Å². The van der Waals surface area contributed by atoms with Crippen LogP contribution in [0.4, 0.5) is 0 Å². The van der Waals surface area contributed by atoms with Crippen LogP contribution in [0.1, 0.15) is 11.3 Å². The maximum absolute atomic E-state index is 4.38. The molecule has 0 amide bonds. The van der Waals surface area contributed by atoms with Crippen LogP contribution in [0.25, 0.3) is 77.2 Å². The number of fused-ring (bicyclic) bond motifs is 2. The molecule has 2 nitrogen and oxygen atoms in total. The predicted molar refractivity (Wildman–Crippen MR) is 194 cm³/mol. The van der Waals surface area contributed by atoms with E-state index in [2.05, 4.69) is 156 Å². The highest BCUT2D eigenvalue weighted by Gasteiger charge is 2.14. The van der Waals surface area contributed by atoms with E-state index in [0.29, 0.717) is 0 Å². The first-order valence-corrected chi connectivity index (χ1v) is 15.7. The number of pyridine rings is 2. The smallest absolute Gasteiger partial charge is 0.0378 e. The Balaban J connectivity index is 1.22. The minimum atomic E-state index is 1.02. The molecule has 0 fully saturated rings. The molecular weight excluding hydrogens is 556 g/mol. The number of hydrogen-bond acceptors (Lipinski definition) is 2. The molecule has 0 saturated heterocycles. The summed E-state index contributed by atoms with van der Waals surface area (Å²) in [7, 11) is 0. The van der Waals surface area contributed by atoms with Gasteiger partial charge in [0.1, 0.15) is 0 Å². The molecule has 0 atom stereocenters. The van der Waals surface area contributed by atoms with Crippen molar-refractivity contribution in [3.8, 4) is 55.6 Å². The lowest BCUT2D eigenvalue weighted by Crippen LogP contribution is -1.90. The summed E-state index contributed by atoms with van der Waals surface area (Å²) in [6.45, 7) is 4.12. The number of nitrogens with zero attached hydrogens (tertiary/aromatic N) is 2. The Kier molecular flexibility index (Phi) is 6.96. The summed E-state index contributed by atoms with van der Waals surface area (Å²) in [6, 6.07) is 50.8. The molecule has 2 aromatic heterocycles. The third-order valence-electron chi connectivity index (χ3n) is 8.95. The molecular formula is C44H32N2. The van der Waals surface area contributed by atoms with Crippen LogP contribution >= 0.6 is 0 Å². The van der Waals surface area contributed by atoms with Crippen LogP contribution in [0.3, 0.4) is 0 Å². The van der Waals surface area contributed by atoms with Crippen LogP contribution in [0.2, 0.25) is 0 Å². The molecule has 8 rings (SSSR count). The zero-order chi connectivity index (χ0) is 31.0. The van der Waals surface area contributed by atoms with Crippen molar-refractivity contribution in [2.24, 2.45) is 0 Å². The quantitative estimate of drug-likeness (QED) is 0.200. The second-order valence-electron chi connectivity index (χ2n) is 12.0. The molecule has 0 bridgehead atoms. The molecule has 0 saturated carbocycles. The van der Waals surface area contributed by atoms with Gasteiger partial charge in [-0.05, 0) is 115 Å². The number of hydrogen-bond donors (Lipinski definition) is 0. The highest BCUT2D eigenvalue weighted by Crippen LogP contribution is 2.41. The SMILES string of the molecule is Cc1cncc(-c2ccc(-c3ccc(-c4ccc(-c5cccc(-c6ccnc(C)c6)c5)c5ccccc45)c4ccccc34)cc2)c1. The van der Waals surface area contributed by atoms with E-state index < -0.39 is 0 Å². The third kappa shape index (κ3) is 5.04. The fourth-order valence-electron chi connectivity index (χ4n) is 6.72. The summed E-state index contributed by atoms with van der Waals surface area (Å²) in [5, 5.41) is 5.00. The molecule has 0 aliphatic carbocycles. The van der Waals surface area contributed by atoms with Crippen molar-refractivity contribution in [2.75, 3.05) is 0 Å². The first kappa shape index (κ1) is 27.7. The van der Waals surface area contributed by atoms with Gasteiger partial charge in [0.2, 0.25) is 0 Å². The lowest BCUT2D eigenvalue weighted by Gasteiger charge is -2.16. The number of aromatic nitrogens is 2. The van der Waals surface area contributed by atoms with Gasteiger partial charge in [-0.25, -0.2) is 0 Å². The van der Waals surface area contributed by atoms with Crippen LogP contribution in [-0.2, 0) is 0 Å². The number of rotatable bonds is 5. The Hall–Kier alpha value is -5.86. The summed E-state index contributed by atoms with van der Waals surface area (Å²) in [6.07, 6.45) is 5.71. The van der Waals surface area contributed by atoms with Crippen molar-refractivity contribution in [2.45, 2.75) is 13.8 Å². The van der Waals surface area contributed by atoms with Crippen molar-refractivity contribution in [3.63, 3.8) is 0 Å². The van der Waals surface area contributed by atoms with Crippen LogP contribution < -0.4 is 0 Å². The van der Waals surface area contributed by atoms with Crippen LogP contribution in [-0.4, -0.2) is 9.97 Å². The highest BCUT2D eigenvalue weighted by molar-refractivity contribution is 6.12. The van der Waals surface area contributed by atoms with E-state index in [1.54, 1.807) is 0 Å². The van der Waals surface area contributed by atoms with E-state index in [9.17, 15) is 0 Å². The molecule has 0 unspecified atom stereocenters. The van der Waals surface area contributed by atoms with Crippen molar-refractivity contribution >= 4 is 21.5 Å². The highest BCUT2D eigenvalue weighted by atomic mass is 14.6. The maximum Gasteiger partial charge on any atom is 0.0378 e. The minimum absolute atomic E-state index is 1.02. The van der Waals surface area contributed by atoms with Gasteiger partial charge < -0.3 is 0 Å². The van der Waals surface area contributed by atoms with Crippen molar-refractivity contribution < 1.29 is 0 Å². The summed E-state index contributed by atoms with van der Waals surface area (Å²) in [5.41, 5.74) is 14.2. The van der Waals surface area contributed by atoms with Gasteiger partial charge in [0.25, 0.3) is 0 Å². The van der Waals surface area contributed by atoms with Gasteiger partial charge in [-0.2, -0.15) is 0 Å². The van der Waals surface area contributed by atoms with Gasteiger partial charge in [0.15, 0.2) is 0 Å². The van der Waals surface area contributed by atoms with E-state index in [4.69, 9.17) is 0 Å². The normalized spacial score (nSPS) is 11.3. The standard InChI is InChI=1S/C44H32N2/c1-29-24-36(28-45-27-29)31-14-16-32(17-15-31)37-18-20-43(41-12-5-3-10-39(37)41)44-21-19-38(40-11-4-6-13-42(40)44)35-9-7-8-33(26-35)34-22-23-46-30(2)25-34/h3-28H,1-2H3. The second-order valence-corrected chi connectivity index (χ2v) is 12.0. The molecule has 0 spiro atoms. The first-order valence-electron chi connectivity index (χ1n) is 15.7. The third-order valence-corrected chi connectivity index (χ3v) is 8.95. The van der Waals surface area contributed by atoms with E-state index >= 15 is 0 Å². The largest absolute Gasteiger partial charge is 0.264 e. The first-order chi connectivity index (χ1) is 22.6.